The van der Waals surface area contributed by atoms with E-state index in [-0.39, 0.29) is 25.6 Å². The van der Waals surface area contributed by atoms with E-state index in [1.165, 1.54) is 4.90 Å². The van der Waals surface area contributed by atoms with Crippen LogP contribution < -0.4 is 5.32 Å². The third kappa shape index (κ3) is 7.14. The maximum atomic E-state index is 12.8. The topological polar surface area (TPSA) is 41.6 Å². The van der Waals surface area contributed by atoms with Gasteiger partial charge >= 0.3 is 6.09 Å². The molecule has 1 N–H and O–H groups in total. The van der Waals surface area contributed by atoms with Crippen LogP contribution in [0.5, 0.6) is 0 Å². The smallest absolute Gasteiger partial charge is 0.410 e. The van der Waals surface area contributed by atoms with Crippen molar-refractivity contribution in [3.63, 3.8) is 0 Å². The number of likely N-dealkylation sites (tertiary alicyclic amines) is 1. The van der Waals surface area contributed by atoms with Gasteiger partial charge in [0, 0.05) is 13.1 Å². The van der Waals surface area contributed by atoms with Crippen molar-refractivity contribution in [1.82, 2.24) is 10.2 Å². The SMILES string of the molecule is Cl.F[C@H]1CCNC1.O=C(OCc1ccccc1)N1CC[C@H](F)C1. The molecule has 3 rings (SSSR count). The summed E-state index contributed by atoms with van der Waals surface area (Å²) in [7, 11) is 0. The van der Waals surface area contributed by atoms with E-state index in [2.05, 4.69) is 5.32 Å². The Kier molecular flexibility index (Phi) is 8.87. The van der Waals surface area contributed by atoms with Gasteiger partial charge in [0.25, 0.3) is 0 Å². The number of ether oxygens (including phenoxy) is 1. The Morgan fingerprint density at radius 2 is 1.96 bits per heavy atom. The Morgan fingerprint density at radius 3 is 2.43 bits per heavy atom. The molecular formula is C16H23ClF2N2O2. The molecule has 2 atom stereocenters. The lowest BCUT2D eigenvalue weighted by atomic mass is 10.2. The van der Waals surface area contributed by atoms with Gasteiger partial charge in [0.1, 0.15) is 19.0 Å². The lowest BCUT2D eigenvalue weighted by Gasteiger charge is -2.14. The maximum absolute atomic E-state index is 12.8. The van der Waals surface area contributed by atoms with Crippen LogP contribution in [0, 0.1) is 0 Å². The molecule has 130 valence electrons. The lowest BCUT2D eigenvalue weighted by Crippen LogP contribution is -2.29. The molecule has 1 amide bonds. The Hall–Kier alpha value is -1.40. The fourth-order valence-corrected chi connectivity index (χ4v) is 2.31. The zero-order chi connectivity index (χ0) is 15.8. The van der Waals surface area contributed by atoms with Gasteiger partial charge in [-0.1, -0.05) is 30.3 Å². The molecule has 7 heteroatoms. The van der Waals surface area contributed by atoms with Crippen LogP contribution in [0.4, 0.5) is 13.6 Å². The van der Waals surface area contributed by atoms with Gasteiger partial charge in [-0.25, -0.2) is 13.6 Å². The normalized spacial score (nSPS) is 22.8. The van der Waals surface area contributed by atoms with E-state index in [0.29, 0.717) is 25.9 Å². The number of nitrogens with one attached hydrogen (secondary N) is 1. The van der Waals surface area contributed by atoms with Crippen molar-refractivity contribution in [1.29, 1.82) is 0 Å². The number of hydrogen-bond donors (Lipinski definition) is 1. The summed E-state index contributed by atoms with van der Waals surface area (Å²) in [5.41, 5.74) is 0.937. The van der Waals surface area contributed by atoms with Gasteiger partial charge in [-0.05, 0) is 24.9 Å². The Labute approximate surface area is 141 Å². The highest BCUT2D eigenvalue weighted by Crippen LogP contribution is 2.13. The van der Waals surface area contributed by atoms with Crippen molar-refractivity contribution in [2.75, 3.05) is 26.2 Å². The molecule has 0 radical (unpaired) electrons. The number of alkyl halides is 2. The summed E-state index contributed by atoms with van der Waals surface area (Å²) < 4.78 is 29.8. The minimum absolute atomic E-state index is 0. The van der Waals surface area contributed by atoms with Crippen molar-refractivity contribution in [2.45, 2.75) is 31.8 Å². The molecule has 0 bridgehead atoms. The summed E-state index contributed by atoms with van der Waals surface area (Å²) in [6.07, 6.45) is -0.765. The summed E-state index contributed by atoms with van der Waals surface area (Å²) in [4.78, 5) is 12.9. The number of halogens is 3. The summed E-state index contributed by atoms with van der Waals surface area (Å²) >= 11 is 0. The first-order valence-corrected chi connectivity index (χ1v) is 7.59. The number of rotatable bonds is 2. The minimum Gasteiger partial charge on any atom is -0.445 e. The van der Waals surface area contributed by atoms with E-state index in [4.69, 9.17) is 4.74 Å². The average molecular weight is 349 g/mol. The third-order valence-corrected chi connectivity index (χ3v) is 3.59. The molecule has 23 heavy (non-hydrogen) atoms. The zero-order valence-electron chi connectivity index (χ0n) is 12.9. The second-order valence-electron chi connectivity index (χ2n) is 5.46. The van der Waals surface area contributed by atoms with E-state index in [1.807, 2.05) is 30.3 Å². The quantitative estimate of drug-likeness (QED) is 0.893. The summed E-state index contributed by atoms with van der Waals surface area (Å²) in [5.74, 6) is 0. The minimum atomic E-state index is -0.899. The Bertz CT molecular complexity index is 459. The fraction of sp³-hybridized carbons (Fsp3) is 0.562. The summed E-state index contributed by atoms with van der Waals surface area (Å²) in [6, 6.07) is 9.44. The van der Waals surface area contributed by atoms with Crippen LogP contribution in [0.25, 0.3) is 0 Å². The molecule has 2 saturated heterocycles. The van der Waals surface area contributed by atoms with Crippen molar-refractivity contribution in [3.05, 3.63) is 35.9 Å². The van der Waals surface area contributed by atoms with Crippen LogP contribution in [0.15, 0.2) is 30.3 Å². The number of hydrogen-bond acceptors (Lipinski definition) is 3. The van der Waals surface area contributed by atoms with E-state index in [1.54, 1.807) is 0 Å². The van der Waals surface area contributed by atoms with Gasteiger partial charge in [0.2, 0.25) is 0 Å². The molecule has 0 unspecified atom stereocenters. The molecular weight excluding hydrogens is 326 g/mol. The van der Waals surface area contributed by atoms with E-state index in [9.17, 15) is 13.6 Å². The van der Waals surface area contributed by atoms with Gasteiger partial charge in [0.15, 0.2) is 0 Å². The number of carbonyl (C=O) groups is 1. The van der Waals surface area contributed by atoms with Gasteiger partial charge in [-0.2, -0.15) is 0 Å². The first-order valence-electron chi connectivity index (χ1n) is 7.59. The summed E-state index contributed by atoms with van der Waals surface area (Å²) in [6.45, 7) is 2.29. The van der Waals surface area contributed by atoms with Crippen LogP contribution in [-0.4, -0.2) is 49.5 Å². The van der Waals surface area contributed by atoms with Gasteiger partial charge < -0.3 is 15.0 Å². The van der Waals surface area contributed by atoms with Crippen molar-refractivity contribution in [3.8, 4) is 0 Å². The molecule has 4 nitrogen and oxygen atoms in total. The van der Waals surface area contributed by atoms with Crippen LogP contribution in [0.2, 0.25) is 0 Å². The van der Waals surface area contributed by atoms with Crippen molar-refractivity contribution >= 4 is 18.5 Å². The fourth-order valence-electron chi connectivity index (χ4n) is 2.31. The largest absolute Gasteiger partial charge is 0.445 e. The highest BCUT2D eigenvalue weighted by Gasteiger charge is 2.26. The van der Waals surface area contributed by atoms with Crippen LogP contribution in [-0.2, 0) is 11.3 Å². The van der Waals surface area contributed by atoms with Crippen LogP contribution in [0.1, 0.15) is 18.4 Å². The zero-order valence-corrected chi connectivity index (χ0v) is 13.7. The highest BCUT2D eigenvalue weighted by atomic mass is 35.5. The number of carbonyl (C=O) groups excluding carboxylic acids is 1. The molecule has 2 aliphatic heterocycles. The molecule has 0 aliphatic carbocycles. The first-order chi connectivity index (χ1) is 10.6. The van der Waals surface area contributed by atoms with Gasteiger partial charge in [0.05, 0.1) is 6.54 Å². The number of benzene rings is 1. The molecule has 2 fully saturated rings. The van der Waals surface area contributed by atoms with E-state index < -0.39 is 18.4 Å². The van der Waals surface area contributed by atoms with Gasteiger partial charge in [-0.3, -0.25) is 0 Å². The predicted octanol–water partition coefficient (Wildman–Crippen LogP) is 3.11. The highest BCUT2D eigenvalue weighted by molar-refractivity contribution is 5.85. The van der Waals surface area contributed by atoms with Crippen LogP contribution >= 0.6 is 12.4 Å². The maximum Gasteiger partial charge on any atom is 0.410 e. The first kappa shape index (κ1) is 19.6. The monoisotopic (exact) mass is 348 g/mol. The van der Waals surface area contributed by atoms with E-state index >= 15 is 0 Å². The van der Waals surface area contributed by atoms with Crippen molar-refractivity contribution in [2.24, 2.45) is 0 Å². The molecule has 0 saturated carbocycles. The molecule has 2 aliphatic rings. The Balaban J connectivity index is 0.000000320. The summed E-state index contributed by atoms with van der Waals surface area (Å²) in [5, 5.41) is 2.90. The molecule has 0 spiro atoms. The number of amides is 1. The van der Waals surface area contributed by atoms with E-state index in [0.717, 1.165) is 12.1 Å². The van der Waals surface area contributed by atoms with Crippen LogP contribution in [0.3, 0.4) is 0 Å². The third-order valence-electron chi connectivity index (χ3n) is 3.59. The van der Waals surface area contributed by atoms with Crippen molar-refractivity contribution < 1.29 is 18.3 Å². The molecule has 1 aromatic carbocycles. The Morgan fingerprint density at radius 1 is 1.22 bits per heavy atom. The lowest BCUT2D eigenvalue weighted by molar-refractivity contribution is 0.102. The average Bonchev–Trinajstić information content (AvgIpc) is 3.18. The number of nitrogens with zero attached hydrogens (tertiary/aromatic N) is 1. The predicted molar refractivity (Wildman–Crippen MR) is 87.3 cm³/mol. The second kappa shape index (κ2) is 10.4. The second-order valence-corrected chi connectivity index (χ2v) is 5.46. The van der Waals surface area contributed by atoms with Gasteiger partial charge in [-0.15, -0.1) is 12.4 Å². The molecule has 0 aromatic heterocycles. The standard InChI is InChI=1S/C12H14FNO2.C4H8FN.ClH/c13-11-6-7-14(8-11)12(15)16-9-10-4-2-1-3-5-10;5-4-1-2-6-3-4;/h1-5,11H,6-9H2;4,6H,1-3H2;1H/t11-;4-;/m00./s1. The molecule has 1 aromatic rings. The molecule has 2 heterocycles.